The van der Waals surface area contributed by atoms with E-state index in [1.54, 1.807) is 0 Å². The Hall–Kier alpha value is -3.67. The lowest BCUT2D eigenvalue weighted by Crippen LogP contribution is -2.30. The number of ether oxygens (including phenoxy) is 3. The highest BCUT2D eigenvalue weighted by molar-refractivity contribution is 5.71. The van der Waals surface area contributed by atoms with Crippen molar-refractivity contribution in [3.63, 3.8) is 0 Å². The van der Waals surface area contributed by atoms with Crippen molar-refractivity contribution in [1.82, 2.24) is 0 Å². The smallest absolute Gasteiger partial charge is 0.306 e. The van der Waals surface area contributed by atoms with Crippen LogP contribution in [0.2, 0.25) is 0 Å². The van der Waals surface area contributed by atoms with Crippen molar-refractivity contribution < 1.29 is 28.6 Å². The summed E-state index contributed by atoms with van der Waals surface area (Å²) in [7, 11) is 0. The van der Waals surface area contributed by atoms with Crippen LogP contribution in [0.3, 0.4) is 0 Å². The van der Waals surface area contributed by atoms with Gasteiger partial charge >= 0.3 is 17.9 Å². The van der Waals surface area contributed by atoms with E-state index in [1.807, 2.05) is 0 Å². The fraction of sp³-hybridized carbons (Fsp3) is 0.716. The highest BCUT2D eigenvalue weighted by Gasteiger charge is 2.19. The van der Waals surface area contributed by atoms with E-state index in [1.165, 1.54) is 141 Å². The highest BCUT2D eigenvalue weighted by atomic mass is 16.6. The lowest BCUT2D eigenvalue weighted by Gasteiger charge is -2.18. The summed E-state index contributed by atoms with van der Waals surface area (Å²) in [4.78, 5) is 37.9. The molecule has 0 aromatic heterocycles. The van der Waals surface area contributed by atoms with E-state index in [9.17, 15) is 14.4 Å². The van der Waals surface area contributed by atoms with Crippen molar-refractivity contribution >= 4 is 17.9 Å². The summed E-state index contributed by atoms with van der Waals surface area (Å²) in [6.07, 6.45) is 81.5. The Labute approximate surface area is 451 Å². The monoisotopic (exact) mass is 1010 g/mol. The average molecular weight is 1020 g/mol. The fourth-order valence-corrected chi connectivity index (χ4v) is 8.48. The molecule has 0 aliphatic carbocycles. The number of hydrogen-bond acceptors (Lipinski definition) is 6. The Kier molecular flexibility index (Phi) is 57.8. The fourth-order valence-electron chi connectivity index (χ4n) is 8.48. The predicted octanol–water partition coefficient (Wildman–Crippen LogP) is 20.9. The first-order valence-electron chi connectivity index (χ1n) is 30.7. The molecule has 0 spiro atoms. The van der Waals surface area contributed by atoms with Crippen LogP contribution >= 0.6 is 0 Å². The summed E-state index contributed by atoms with van der Waals surface area (Å²) >= 11 is 0. The molecule has 0 aromatic carbocycles. The normalized spacial score (nSPS) is 12.8. The molecule has 0 fully saturated rings. The third kappa shape index (κ3) is 59.1. The second kappa shape index (κ2) is 60.9. The van der Waals surface area contributed by atoms with Gasteiger partial charge in [-0.05, 0) is 103 Å². The number of rotatable bonds is 55. The van der Waals surface area contributed by atoms with Crippen LogP contribution in [0, 0.1) is 0 Å². The molecule has 0 rings (SSSR count). The molecule has 6 nitrogen and oxygen atoms in total. The van der Waals surface area contributed by atoms with Gasteiger partial charge in [0.1, 0.15) is 13.2 Å². The molecule has 0 aliphatic heterocycles. The van der Waals surface area contributed by atoms with E-state index in [0.29, 0.717) is 19.3 Å². The summed E-state index contributed by atoms with van der Waals surface area (Å²) in [6.45, 7) is 6.47. The van der Waals surface area contributed by atoms with Gasteiger partial charge in [0.2, 0.25) is 0 Å². The average Bonchev–Trinajstić information content (AvgIpc) is 3.39. The van der Waals surface area contributed by atoms with Gasteiger partial charge in [-0.25, -0.2) is 0 Å². The molecule has 0 heterocycles. The predicted molar refractivity (Wildman–Crippen MR) is 316 cm³/mol. The van der Waals surface area contributed by atoms with E-state index in [2.05, 4.69) is 118 Å². The van der Waals surface area contributed by atoms with E-state index < -0.39 is 6.10 Å². The van der Waals surface area contributed by atoms with Crippen molar-refractivity contribution in [1.29, 1.82) is 0 Å². The number of hydrogen-bond donors (Lipinski definition) is 0. The Morgan fingerprint density at radius 2 is 0.534 bits per heavy atom. The SMILES string of the molecule is CC/C=C\C/C=C\C/C=C\C/C=C\C/C=C\C/C=C\C/C=C\CCCCCCCCCCCC(=O)OCC(COC(=O)CCCCCCCC)OC(=O)CCCCCCCCC/C=C\CCCCCCCCC. The van der Waals surface area contributed by atoms with Crippen LogP contribution in [-0.2, 0) is 28.6 Å². The van der Waals surface area contributed by atoms with E-state index in [0.717, 1.165) is 109 Å². The molecule has 0 saturated carbocycles. The van der Waals surface area contributed by atoms with Crippen LogP contribution in [0.25, 0.3) is 0 Å². The zero-order valence-corrected chi connectivity index (χ0v) is 47.9. The summed E-state index contributed by atoms with van der Waals surface area (Å²) in [5.74, 6) is -0.894. The largest absolute Gasteiger partial charge is 0.462 e. The van der Waals surface area contributed by atoms with Crippen LogP contribution in [-0.4, -0.2) is 37.2 Å². The Morgan fingerprint density at radius 3 is 0.849 bits per heavy atom. The molecule has 73 heavy (non-hydrogen) atoms. The maximum atomic E-state index is 12.8. The van der Waals surface area contributed by atoms with Crippen molar-refractivity contribution in [2.24, 2.45) is 0 Å². The number of allylic oxidation sites excluding steroid dienone is 16. The molecule has 0 saturated heterocycles. The third-order valence-electron chi connectivity index (χ3n) is 13.1. The second-order valence-electron chi connectivity index (χ2n) is 20.2. The molecular formula is C67H114O6. The van der Waals surface area contributed by atoms with Crippen LogP contribution in [0.4, 0.5) is 0 Å². The molecule has 1 unspecified atom stereocenters. The summed E-state index contributed by atoms with van der Waals surface area (Å²) in [5, 5.41) is 0. The molecule has 0 radical (unpaired) electrons. The third-order valence-corrected chi connectivity index (χ3v) is 13.1. The van der Waals surface area contributed by atoms with Gasteiger partial charge in [-0.1, -0.05) is 266 Å². The van der Waals surface area contributed by atoms with Crippen LogP contribution < -0.4 is 0 Å². The van der Waals surface area contributed by atoms with E-state index >= 15 is 0 Å². The van der Waals surface area contributed by atoms with Gasteiger partial charge in [0.15, 0.2) is 6.10 Å². The van der Waals surface area contributed by atoms with Gasteiger partial charge in [0.05, 0.1) is 0 Å². The Bertz CT molecular complexity index is 1440. The molecule has 418 valence electrons. The van der Waals surface area contributed by atoms with Gasteiger partial charge in [-0.15, -0.1) is 0 Å². The molecule has 0 bridgehead atoms. The van der Waals surface area contributed by atoms with Gasteiger partial charge in [0, 0.05) is 19.3 Å². The lowest BCUT2D eigenvalue weighted by molar-refractivity contribution is -0.167. The maximum Gasteiger partial charge on any atom is 0.306 e. The molecule has 0 aliphatic rings. The van der Waals surface area contributed by atoms with E-state index in [-0.39, 0.29) is 31.1 Å². The molecule has 0 N–H and O–H groups in total. The van der Waals surface area contributed by atoms with E-state index in [4.69, 9.17) is 14.2 Å². The highest BCUT2D eigenvalue weighted by Crippen LogP contribution is 2.15. The maximum absolute atomic E-state index is 12.8. The van der Waals surface area contributed by atoms with Gasteiger partial charge in [-0.2, -0.15) is 0 Å². The molecule has 0 aromatic rings. The first-order valence-corrected chi connectivity index (χ1v) is 30.7. The first kappa shape index (κ1) is 69.3. The minimum atomic E-state index is -0.779. The minimum Gasteiger partial charge on any atom is -0.462 e. The molecular weight excluding hydrogens is 901 g/mol. The van der Waals surface area contributed by atoms with Crippen molar-refractivity contribution in [3.8, 4) is 0 Å². The number of unbranched alkanes of at least 4 members (excludes halogenated alkanes) is 28. The summed E-state index contributed by atoms with van der Waals surface area (Å²) in [6, 6.07) is 0. The van der Waals surface area contributed by atoms with Gasteiger partial charge < -0.3 is 14.2 Å². The molecule has 6 heteroatoms. The zero-order chi connectivity index (χ0) is 52.9. The van der Waals surface area contributed by atoms with Crippen LogP contribution in [0.15, 0.2) is 97.2 Å². The van der Waals surface area contributed by atoms with Crippen molar-refractivity contribution in [3.05, 3.63) is 97.2 Å². The van der Waals surface area contributed by atoms with Gasteiger partial charge in [-0.3, -0.25) is 14.4 Å². The first-order chi connectivity index (χ1) is 36.0. The van der Waals surface area contributed by atoms with Gasteiger partial charge in [0.25, 0.3) is 0 Å². The minimum absolute atomic E-state index is 0.0796. The second-order valence-corrected chi connectivity index (χ2v) is 20.2. The summed E-state index contributed by atoms with van der Waals surface area (Å²) < 4.78 is 16.8. The lowest BCUT2D eigenvalue weighted by atomic mass is 10.1. The van der Waals surface area contributed by atoms with Crippen LogP contribution in [0.1, 0.15) is 290 Å². The van der Waals surface area contributed by atoms with Crippen molar-refractivity contribution in [2.45, 2.75) is 297 Å². The standard InChI is InChI=1S/C67H114O6/c1-4-7-10-13-16-18-20-22-24-26-28-29-30-31-32-33-34-35-36-37-38-39-40-42-43-45-47-49-51-54-57-60-66(69)72-63-64(62-71-65(68)59-56-53-15-12-9-6-3)73-67(70)61-58-55-52-50-48-46-44-41-27-25-23-21-19-17-14-11-8-5-2/h7,10,16,18,22,24-25,27-29,31-32,34-35,37-38,64H,4-6,8-9,11-15,17,19-21,23,26,30,33,36,39-63H2,1-3H3/b10-7-,18-16-,24-22-,27-25-,29-28-,32-31-,35-34-,38-37-. The Morgan fingerprint density at radius 1 is 0.288 bits per heavy atom. The number of esters is 3. The molecule has 1 atom stereocenters. The van der Waals surface area contributed by atoms with Crippen molar-refractivity contribution in [2.75, 3.05) is 13.2 Å². The number of carbonyl (C=O) groups is 3. The topological polar surface area (TPSA) is 78.9 Å². The number of carbonyl (C=O) groups excluding carboxylic acids is 3. The van der Waals surface area contributed by atoms with Crippen LogP contribution in [0.5, 0.6) is 0 Å². The summed E-state index contributed by atoms with van der Waals surface area (Å²) in [5.41, 5.74) is 0. The zero-order valence-electron chi connectivity index (χ0n) is 47.9. The molecule has 0 amide bonds. The quantitative estimate of drug-likeness (QED) is 0.0261. The Balaban J connectivity index is 4.11.